The Labute approximate surface area is 121 Å². The molecule has 0 aliphatic rings. The Hall–Kier alpha value is -2.01. The van der Waals surface area contributed by atoms with Gasteiger partial charge in [0.25, 0.3) is 0 Å². The molecule has 1 heterocycles. The van der Waals surface area contributed by atoms with E-state index in [4.69, 9.17) is 4.43 Å². The SMILES string of the molecule is CC(N=Cc1ccncn1)c1ccccc1O[SiH](C)C. The molecular weight excluding hydrogens is 266 g/mol. The molecule has 1 unspecified atom stereocenters. The first kappa shape index (κ1) is 14.4. The Morgan fingerprint density at radius 3 is 2.75 bits per heavy atom. The van der Waals surface area contributed by atoms with Crippen molar-refractivity contribution in [2.24, 2.45) is 4.99 Å². The van der Waals surface area contributed by atoms with Gasteiger partial charge in [0.05, 0.1) is 11.7 Å². The molecule has 104 valence electrons. The third-order valence-electron chi connectivity index (χ3n) is 2.77. The first-order valence-electron chi connectivity index (χ1n) is 6.71. The number of nitrogens with zero attached hydrogens (tertiary/aromatic N) is 3. The van der Waals surface area contributed by atoms with Gasteiger partial charge in [-0.15, -0.1) is 0 Å². The zero-order valence-electron chi connectivity index (χ0n) is 12.0. The number of hydrogen-bond acceptors (Lipinski definition) is 4. The third kappa shape index (κ3) is 3.99. The van der Waals surface area contributed by atoms with Crippen molar-refractivity contribution in [3.05, 3.63) is 54.1 Å². The molecule has 0 N–H and O–H groups in total. The maximum absolute atomic E-state index is 5.96. The number of aromatic nitrogens is 2. The lowest BCUT2D eigenvalue weighted by Crippen LogP contribution is -2.13. The highest BCUT2D eigenvalue weighted by Crippen LogP contribution is 2.27. The van der Waals surface area contributed by atoms with Crippen molar-refractivity contribution in [1.82, 2.24) is 9.97 Å². The molecular formula is C15H19N3OSi. The van der Waals surface area contributed by atoms with E-state index < -0.39 is 9.04 Å². The smallest absolute Gasteiger partial charge is 0.229 e. The topological polar surface area (TPSA) is 47.4 Å². The Bertz CT molecular complexity index is 572. The molecule has 4 nitrogen and oxygen atoms in total. The lowest BCUT2D eigenvalue weighted by molar-refractivity contribution is 0.564. The molecule has 1 aromatic carbocycles. The Morgan fingerprint density at radius 1 is 1.25 bits per heavy atom. The second kappa shape index (κ2) is 6.95. The van der Waals surface area contributed by atoms with Crippen LogP contribution in [0, 0.1) is 0 Å². The van der Waals surface area contributed by atoms with Crippen molar-refractivity contribution in [3.63, 3.8) is 0 Å². The molecule has 2 aromatic rings. The van der Waals surface area contributed by atoms with E-state index in [1.54, 1.807) is 12.4 Å². The number of hydrogen-bond donors (Lipinski definition) is 0. The van der Waals surface area contributed by atoms with E-state index in [9.17, 15) is 0 Å². The second-order valence-corrected chi connectivity index (χ2v) is 7.13. The average Bonchev–Trinajstić information content (AvgIpc) is 2.46. The van der Waals surface area contributed by atoms with Crippen LogP contribution in [0.2, 0.25) is 13.1 Å². The lowest BCUT2D eigenvalue weighted by Gasteiger charge is -2.16. The zero-order valence-corrected chi connectivity index (χ0v) is 13.2. The molecule has 5 heteroatoms. The van der Waals surface area contributed by atoms with Gasteiger partial charge in [0.15, 0.2) is 0 Å². The van der Waals surface area contributed by atoms with Gasteiger partial charge in [-0.1, -0.05) is 18.2 Å². The van der Waals surface area contributed by atoms with Gasteiger partial charge in [-0.05, 0) is 32.2 Å². The van der Waals surface area contributed by atoms with E-state index in [1.807, 2.05) is 24.3 Å². The average molecular weight is 285 g/mol. The normalized spacial score (nSPS) is 12.8. The quantitative estimate of drug-likeness (QED) is 0.626. The maximum atomic E-state index is 5.96. The monoisotopic (exact) mass is 285 g/mol. The largest absolute Gasteiger partial charge is 0.547 e. The van der Waals surface area contributed by atoms with E-state index in [0.717, 1.165) is 17.0 Å². The van der Waals surface area contributed by atoms with E-state index in [0.29, 0.717) is 0 Å². The van der Waals surface area contributed by atoms with Gasteiger partial charge < -0.3 is 4.43 Å². The summed E-state index contributed by atoms with van der Waals surface area (Å²) in [6, 6.07) is 9.96. The summed E-state index contributed by atoms with van der Waals surface area (Å²) in [5, 5.41) is 0. The highest BCUT2D eigenvalue weighted by Gasteiger charge is 2.10. The predicted molar refractivity (Wildman–Crippen MR) is 84.0 cm³/mol. The first-order chi connectivity index (χ1) is 9.66. The molecule has 1 aromatic heterocycles. The van der Waals surface area contributed by atoms with Crippen LogP contribution < -0.4 is 4.43 Å². The summed E-state index contributed by atoms with van der Waals surface area (Å²) in [4.78, 5) is 12.6. The van der Waals surface area contributed by atoms with Crippen molar-refractivity contribution in [3.8, 4) is 5.75 Å². The van der Waals surface area contributed by atoms with E-state index >= 15 is 0 Å². The van der Waals surface area contributed by atoms with Crippen LogP contribution in [0.4, 0.5) is 0 Å². The van der Waals surface area contributed by atoms with Gasteiger partial charge in [0.1, 0.15) is 12.1 Å². The molecule has 0 bridgehead atoms. The molecule has 0 amide bonds. The van der Waals surface area contributed by atoms with Gasteiger partial charge in [-0.25, -0.2) is 9.97 Å². The molecule has 0 saturated heterocycles. The Balaban J connectivity index is 2.17. The molecule has 2 rings (SSSR count). The van der Waals surface area contributed by atoms with Crippen LogP contribution in [-0.2, 0) is 0 Å². The lowest BCUT2D eigenvalue weighted by atomic mass is 10.1. The van der Waals surface area contributed by atoms with Crippen LogP contribution in [0.15, 0.2) is 47.8 Å². The minimum absolute atomic E-state index is 0.0360. The molecule has 0 saturated carbocycles. The predicted octanol–water partition coefficient (Wildman–Crippen LogP) is 3.02. The summed E-state index contributed by atoms with van der Waals surface area (Å²) in [6.45, 7) is 6.37. The first-order valence-corrected chi connectivity index (χ1v) is 9.49. The van der Waals surface area contributed by atoms with Crippen LogP contribution in [-0.4, -0.2) is 25.2 Å². The highest BCUT2D eigenvalue weighted by molar-refractivity contribution is 6.49. The highest BCUT2D eigenvalue weighted by atomic mass is 28.3. The van der Waals surface area contributed by atoms with Gasteiger partial charge in [-0.2, -0.15) is 0 Å². The minimum atomic E-state index is -1.12. The molecule has 0 fully saturated rings. The van der Waals surface area contributed by atoms with Crippen molar-refractivity contribution in [2.75, 3.05) is 0 Å². The molecule has 20 heavy (non-hydrogen) atoms. The van der Waals surface area contributed by atoms with Gasteiger partial charge >= 0.3 is 0 Å². The summed E-state index contributed by atoms with van der Waals surface area (Å²) in [5.41, 5.74) is 1.92. The summed E-state index contributed by atoms with van der Waals surface area (Å²) in [6.07, 6.45) is 5.00. The number of rotatable bonds is 5. The molecule has 1 atom stereocenters. The Morgan fingerprint density at radius 2 is 2.05 bits per heavy atom. The summed E-state index contributed by atoms with van der Waals surface area (Å²) >= 11 is 0. The number of aliphatic imine (C=N–C) groups is 1. The van der Waals surface area contributed by atoms with Crippen molar-refractivity contribution >= 4 is 15.3 Å². The van der Waals surface area contributed by atoms with Crippen molar-refractivity contribution < 1.29 is 4.43 Å². The second-order valence-electron chi connectivity index (χ2n) is 4.79. The molecule has 0 aliphatic heterocycles. The van der Waals surface area contributed by atoms with E-state index in [2.05, 4.69) is 41.0 Å². The van der Waals surface area contributed by atoms with Crippen molar-refractivity contribution in [1.29, 1.82) is 0 Å². The molecule has 0 spiro atoms. The maximum Gasteiger partial charge on any atom is 0.229 e. The molecule has 0 radical (unpaired) electrons. The van der Waals surface area contributed by atoms with Crippen LogP contribution in [0.25, 0.3) is 0 Å². The number of benzene rings is 1. The Kier molecular flexibility index (Phi) is 5.01. The number of para-hydroxylation sites is 1. The minimum Gasteiger partial charge on any atom is -0.547 e. The van der Waals surface area contributed by atoms with E-state index in [1.165, 1.54) is 6.33 Å². The fourth-order valence-electron chi connectivity index (χ4n) is 1.83. The van der Waals surface area contributed by atoms with Crippen LogP contribution in [0.1, 0.15) is 24.2 Å². The fraction of sp³-hybridized carbons (Fsp3) is 0.267. The standard InChI is InChI=1S/C15H19N3OSi/c1-12(17-10-13-8-9-16-11-18-13)14-6-4-5-7-15(14)19-20(2)3/h4-12,20H,1-3H3. The van der Waals surface area contributed by atoms with Gasteiger partial charge in [0, 0.05) is 18.0 Å². The van der Waals surface area contributed by atoms with Crippen LogP contribution in [0.5, 0.6) is 5.75 Å². The van der Waals surface area contributed by atoms with Crippen LogP contribution >= 0.6 is 0 Å². The summed E-state index contributed by atoms with van der Waals surface area (Å²) in [5.74, 6) is 0.946. The third-order valence-corrected chi connectivity index (χ3v) is 3.49. The van der Waals surface area contributed by atoms with Gasteiger partial charge in [-0.3, -0.25) is 4.99 Å². The zero-order chi connectivity index (χ0) is 14.4. The van der Waals surface area contributed by atoms with Crippen molar-refractivity contribution in [2.45, 2.75) is 26.1 Å². The fourth-order valence-corrected chi connectivity index (χ4v) is 2.56. The summed E-state index contributed by atoms with van der Waals surface area (Å²) in [7, 11) is -1.12. The molecule has 0 aliphatic carbocycles. The van der Waals surface area contributed by atoms with Gasteiger partial charge in [0.2, 0.25) is 9.04 Å². The van der Waals surface area contributed by atoms with Crippen LogP contribution in [0.3, 0.4) is 0 Å². The summed E-state index contributed by atoms with van der Waals surface area (Å²) < 4.78 is 5.96. The van der Waals surface area contributed by atoms with E-state index in [-0.39, 0.29) is 6.04 Å².